The molecule has 2 atom stereocenters. The molecule has 1 saturated heterocycles. The van der Waals surface area contributed by atoms with Crippen molar-refractivity contribution in [1.29, 1.82) is 0 Å². The summed E-state index contributed by atoms with van der Waals surface area (Å²) in [4.78, 5) is 0.276. The molecule has 1 aliphatic heterocycles. The van der Waals surface area contributed by atoms with Gasteiger partial charge < -0.3 is 10.8 Å². The van der Waals surface area contributed by atoms with E-state index in [-0.39, 0.29) is 10.8 Å². The molecule has 5 nitrogen and oxygen atoms in total. The topological polar surface area (TPSA) is 83.6 Å². The zero-order chi connectivity index (χ0) is 15.1. The van der Waals surface area contributed by atoms with E-state index in [4.69, 9.17) is 5.73 Å². The first kappa shape index (κ1) is 15.3. The fourth-order valence-corrected chi connectivity index (χ4v) is 4.46. The molecule has 0 saturated carbocycles. The minimum Gasteiger partial charge on any atom is -0.399 e. The smallest absolute Gasteiger partial charge is 0.243 e. The van der Waals surface area contributed by atoms with Crippen LogP contribution in [0.15, 0.2) is 17.0 Å². The lowest BCUT2D eigenvalue weighted by Crippen LogP contribution is -2.45. The highest BCUT2D eigenvalue weighted by molar-refractivity contribution is 7.89. The second kappa shape index (κ2) is 5.35. The van der Waals surface area contributed by atoms with Gasteiger partial charge in [0.2, 0.25) is 10.0 Å². The maximum absolute atomic E-state index is 12.8. The normalized spacial score (nSPS) is 24.8. The summed E-state index contributed by atoms with van der Waals surface area (Å²) in [6.07, 6.45) is 0.0471. The Hall–Kier alpha value is -1.11. The second-order valence-electron chi connectivity index (χ2n) is 5.66. The van der Waals surface area contributed by atoms with Crippen LogP contribution in [0.4, 0.5) is 5.69 Å². The number of aryl methyl sites for hydroxylation is 1. The van der Waals surface area contributed by atoms with Crippen molar-refractivity contribution in [2.45, 2.75) is 38.2 Å². The van der Waals surface area contributed by atoms with Crippen LogP contribution in [0.2, 0.25) is 0 Å². The number of sulfonamides is 1. The molecule has 1 aliphatic rings. The molecular weight excluding hydrogens is 276 g/mol. The van der Waals surface area contributed by atoms with Gasteiger partial charge in [0.15, 0.2) is 0 Å². The van der Waals surface area contributed by atoms with Gasteiger partial charge in [-0.05, 0) is 49.4 Å². The lowest BCUT2D eigenvalue weighted by molar-refractivity contribution is 0.0628. The molecule has 112 valence electrons. The predicted molar refractivity (Wildman–Crippen MR) is 78.9 cm³/mol. The number of nitrogens with two attached hydrogens (primary N) is 1. The Kier molecular flexibility index (Phi) is 4.09. The van der Waals surface area contributed by atoms with Crippen molar-refractivity contribution in [1.82, 2.24) is 4.31 Å². The average molecular weight is 298 g/mol. The lowest BCUT2D eigenvalue weighted by Gasteiger charge is -2.34. The second-order valence-corrected chi connectivity index (χ2v) is 7.56. The number of aliphatic hydroxyl groups excluding tert-OH is 1. The molecule has 0 spiro atoms. The number of aliphatic hydroxyl groups is 1. The fraction of sp³-hybridized carbons (Fsp3) is 0.571. The summed E-state index contributed by atoms with van der Waals surface area (Å²) in [5.74, 6) is -0.0546. The molecule has 3 N–H and O–H groups in total. The van der Waals surface area contributed by atoms with Crippen LogP contribution in [0.25, 0.3) is 0 Å². The molecule has 1 aromatic rings. The number of hydrogen-bond donors (Lipinski definition) is 2. The van der Waals surface area contributed by atoms with Crippen LogP contribution in [-0.2, 0) is 10.0 Å². The van der Waals surface area contributed by atoms with E-state index in [1.807, 2.05) is 13.8 Å². The summed E-state index contributed by atoms with van der Waals surface area (Å²) in [7, 11) is -3.55. The van der Waals surface area contributed by atoms with Crippen LogP contribution in [-0.4, -0.2) is 37.0 Å². The summed E-state index contributed by atoms with van der Waals surface area (Å²) in [6.45, 7) is 6.21. The van der Waals surface area contributed by atoms with Crippen molar-refractivity contribution >= 4 is 15.7 Å². The van der Waals surface area contributed by atoms with Gasteiger partial charge in [-0.25, -0.2) is 8.42 Å². The van der Waals surface area contributed by atoms with Crippen LogP contribution in [0.3, 0.4) is 0 Å². The Morgan fingerprint density at radius 3 is 2.60 bits per heavy atom. The van der Waals surface area contributed by atoms with Crippen molar-refractivity contribution in [3.05, 3.63) is 23.3 Å². The maximum atomic E-state index is 12.8. The van der Waals surface area contributed by atoms with E-state index >= 15 is 0 Å². The van der Waals surface area contributed by atoms with Gasteiger partial charge >= 0.3 is 0 Å². The summed E-state index contributed by atoms with van der Waals surface area (Å²) < 4.78 is 27.0. The summed E-state index contributed by atoms with van der Waals surface area (Å²) in [5, 5.41) is 9.73. The predicted octanol–water partition coefficient (Wildman–Crippen LogP) is 1.28. The molecule has 1 heterocycles. The number of nitrogen functional groups attached to an aromatic ring is 1. The molecule has 0 bridgehead atoms. The molecule has 2 rings (SSSR count). The van der Waals surface area contributed by atoms with Gasteiger partial charge in [0, 0.05) is 18.8 Å². The van der Waals surface area contributed by atoms with E-state index in [1.165, 1.54) is 10.4 Å². The molecule has 0 aliphatic carbocycles. The zero-order valence-electron chi connectivity index (χ0n) is 12.1. The number of rotatable bonds is 2. The van der Waals surface area contributed by atoms with Crippen molar-refractivity contribution in [3.8, 4) is 0 Å². The van der Waals surface area contributed by atoms with Crippen molar-refractivity contribution < 1.29 is 13.5 Å². The third-order valence-electron chi connectivity index (χ3n) is 4.08. The quantitative estimate of drug-likeness (QED) is 0.806. The molecule has 1 aromatic carbocycles. The van der Waals surface area contributed by atoms with Gasteiger partial charge in [-0.3, -0.25) is 0 Å². The van der Waals surface area contributed by atoms with E-state index in [0.29, 0.717) is 25.2 Å². The van der Waals surface area contributed by atoms with E-state index in [1.54, 1.807) is 13.0 Å². The molecule has 1 fully saturated rings. The maximum Gasteiger partial charge on any atom is 0.243 e. The van der Waals surface area contributed by atoms with Crippen molar-refractivity contribution in [2.75, 3.05) is 18.8 Å². The van der Waals surface area contributed by atoms with E-state index in [0.717, 1.165) is 11.1 Å². The molecule has 2 unspecified atom stereocenters. The zero-order valence-corrected chi connectivity index (χ0v) is 12.9. The Bertz CT molecular complexity index is 613. The number of anilines is 1. The Labute approximate surface area is 120 Å². The molecule has 0 radical (unpaired) electrons. The van der Waals surface area contributed by atoms with Gasteiger partial charge in [0.05, 0.1) is 11.0 Å². The van der Waals surface area contributed by atoms with Crippen molar-refractivity contribution in [3.63, 3.8) is 0 Å². The molecule has 0 aromatic heterocycles. The number of hydrogen-bond acceptors (Lipinski definition) is 4. The molecule has 6 heteroatoms. The highest BCUT2D eigenvalue weighted by atomic mass is 32.2. The van der Waals surface area contributed by atoms with Crippen LogP contribution >= 0.6 is 0 Å². The third kappa shape index (κ3) is 2.68. The number of piperidine rings is 1. The summed E-state index contributed by atoms with van der Waals surface area (Å²) in [5.41, 5.74) is 7.84. The first-order chi connectivity index (χ1) is 9.23. The number of benzene rings is 1. The highest BCUT2D eigenvalue weighted by Gasteiger charge is 2.33. The highest BCUT2D eigenvalue weighted by Crippen LogP contribution is 2.28. The van der Waals surface area contributed by atoms with E-state index < -0.39 is 16.1 Å². The standard InChI is InChI=1S/C14H22N2O3S/c1-9-6-12(15)7-14(11(9)3)20(18,19)16-5-4-13(17)10(2)8-16/h6-7,10,13,17H,4-5,8,15H2,1-3H3. The SMILES string of the molecule is Cc1cc(N)cc(S(=O)(=O)N2CCC(O)C(C)C2)c1C. The van der Waals surface area contributed by atoms with Crippen LogP contribution < -0.4 is 5.73 Å². The first-order valence-electron chi connectivity index (χ1n) is 6.78. The van der Waals surface area contributed by atoms with Gasteiger partial charge in [0.1, 0.15) is 0 Å². The molecule has 20 heavy (non-hydrogen) atoms. The number of nitrogens with zero attached hydrogens (tertiary/aromatic N) is 1. The lowest BCUT2D eigenvalue weighted by atomic mass is 9.99. The molecular formula is C14H22N2O3S. The monoisotopic (exact) mass is 298 g/mol. The van der Waals surface area contributed by atoms with E-state index in [2.05, 4.69) is 0 Å². The van der Waals surface area contributed by atoms with Gasteiger partial charge in [-0.2, -0.15) is 4.31 Å². The summed E-state index contributed by atoms with van der Waals surface area (Å²) in [6, 6.07) is 3.30. The fourth-order valence-electron chi connectivity index (χ4n) is 2.57. The molecule has 0 amide bonds. The Morgan fingerprint density at radius 1 is 1.35 bits per heavy atom. The van der Waals surface area contributed by atoms with E-state index in [9.17, 15) is 13.5 Å². The third-order valence-corrected chi connectivity index (χ3v) is 6.07. The minimum absolute atomic E-state index is 0.0546. The van der Waals surface area contributed by atoms with Gasteiger partial charge in [-0.1, -0.05) is 6.92 Å². The first-order valence-corrected chi connectivity index (χ1v) is 8.22. The van der Waals surface area contributed by atoms with Gasteiger partial charge in [0.25, 0.3) is 0 Å². The van der Waals surface area contributed by atoms with Crippen LogP contribution in [0.1, 0.15) is 24.5 Å². The Morgan fingerprint density at radius 2 is 2.00 bits per heavy atom. The van der Waals surface area contributed by atoms with Crippen LogP contribution in [0.5, 0.6) is 0 Å². The van der Waals surface area contributed by atoms with Crippen molar-refractivity contribution in [2.24, 2.45) is 5.92 Å². The Balaban J connectivity index is 2.41. The summed E-state index contributed by atoms with van der Waals surface area (Å²) >= 11 is 0. The largest absolute Gasteiger partial charge is 0.399 e. The average Bonchev–Trinajstić information content (AvgIpc) is 2.36. The van der Waals surface area contributed by atoms with Gasteiger partial charge in [-0.15, -0.1) is 0 Å². The van der Waals surface area contributed by atoms with Crippen LogP contribution in [0, 0.1) is 19.8 Å². The minimum atomic E-state index is -3.55.